The molecular weight excluding hydrogens is 534 g/mol. The summed E-state index contributed by atoms with van der Waals surface area (Å²) >= 11 is 1.45. The summed E-state index contributed by atoms with van der Waals surface area (Å²) in [5, 5.41) is 15.8. The molecule has 2 aromatic carbocycles. The predicted molar refractivity (Wildman–Crippen MR) is 163 cm³/mol. The van der Waals surface area contributed by atoms with E-state index in [2.05, 4.69) is 35.4 Å². The van der Waals surface area contributed by atoms with Crippen molar-refractivity contribution in [3.05, 3.63) is 83.0 Å². The van der Waals surface area contributed by atoms with Gasteiger partial charge in [0.15, 0.2) is 0 Å². The Morgan fingerprint density at radius 1 is 1.07 bits per heavy atom. The number of benzene rings is 2. The lowest BCUT2D eigenvalue weighted by molar-refractivity contribution is -0.0356. The number of carbonyl (C=O) groups is 1. The van der Waals surface area contributed by atoms with E-state index in [-0.39, 0.29) is 12.1 Å². The molecule has 0 bridgehead atoms. The molecule has 1 aliphatic heterocycles. The van der Waals surface area contributed by atoms with Crippen molar-refractivity contribution < 1.29 is 14.6 Å². The van der Waals surface area contributed by atoms with Crippen LogP contribution >= 0.6 is 11.3 Å². The molecule has 1 saturated heterocycles. The van der Waals surface area contributed by atoms with Gasteiger partial charge in [0.1, 0.15) is 16.2 Å². The number of piperidine rings is 1. The number of rotatable bonds is 6. The minimum Gasteiger partial charge on any atom is -0.444 e. The maximum atomic E-state index is 12.6. The summed E-state index contributed by atoms with van der Waals surface area (Å²) < 4.78 is 5.54. The number of hydrogen-bond donors (Lipinski definition) is 2. The highest BCUT2D eigenvalue weighted by Crippen LogP contribution is 2.43. The number of amides is 1. The zero-order chi connectivity index (χ0) is 29.2. The summed E-state index contributed by atoms with van der Waals surface area (Å²) in [5.74, 6) is 0.522. The molecule has 0 radical (unpaired) electrons. The van der Waals surface area contributed by atoms with E-state index in [0.29, 0.717) is 36.9 Å². The third kappa shape index (κ3) is 6.74. The first-order chi connectivity index (χ1) is 19.5. The predicted octanol–water partition coefficient (Wildman–Crippen LogP) is 6.97. The average molecular weight is 572 g/mol. The largest absolute Gasteiger partial charge is 0.444 e. The van der Waals surface area contributed by atoms with Gasteiger partial charge in [0, 0.05) is 37.7 Å². The highest BCUT2D eigenvalue weighted by molar-refractivity contribution is 7.15. The first-order valence-electron chi connectivity index (χ1n) is 13.9. The Morgan fingerprint density at radius 3 is 2.49 bits per heavy atom. The minimum atomic E-state index is -1.16. The van der Waals surface area contributed by atoms with Gasteiger partial charge < -0.3 is 20.1 Å². The van der Waals surface area contributed by atoms with Crippen molar-refractivity contribution in [1.29, 1.82) is 0 Å². The van der Waals surface area contributed by atoms with Crippen LogP contribution in [0.25, 0.3) is 21.8 Å². The topological polar surface area (TPSA) is 100 Å². The second kappa shape index (κ2) is 11.6. The average Bonchev–Trinajstić information content (AvgIpc) is 3.40. The number of nitrogens with one attached hydrogen (secondary N) is 1. The molecule has 214 valence electrons. The van der Waals surface area contributed by atoms with Gasteiger partial charge in [-0.05, 0) is 52.3 Å². The van der Waals surface area contributed by atoms with E-state index in [9.17, 15) is 9.90 Å². The van der Waals surface area contributed by atoms with E-state index in [0.717, 1.165) is 33.0 Å². The number of nitrogens with zero attached hydrogens (tertiary/aromatic N) is 4. The van der Waals surface area contributed by atoms with Gasteiger partial charge in [-0.15, -0.1) is 11.3 Å². The Morgan fingerprint density at radius 2 is 1.80 bits per heavy atom. The molecule has 1 fully saturated rings. The smallest absolute Gasteiger partial charge is 0.410 e. The van der Waals surface area contributed by atoms with Gasteiger partial charge >= 0.3 is 6.09 Å². The Kier molecular flexibility index (Phi) is 8.11. The second-order valence-electron chi connectivity index (χ2n) is 11.6. The number of ether oxygens (including phenoxy) is 1. The normalized spacial score (nSPS) is 15.8. The summed E-state index contributed by atoms with van der Waals surface area (Å²) in [4.78, 5) is 29.5. The van der Waals surface area contributed by atoms with Gasteiger partial charge in [0.2, 0.25) is 5.95 Å². The first kappa shape index (κ1) is 28.7. The Balaban J connectivity index is 1.45. The third-order valence-electron chi connectivity index (χ3n) is 7.09. The number of anilines is 1. The van der Waals surface area contributed by atoms with E-state index in [1.165, 1.54) is 11.3 Å². The van der Waals surface area contributed by atoms with E-state index < -0.39 is 11.2 Å². The van der Waals surface area contributed by atoms with Crippen molar-refractivity contribution in [2.24, 2.45) is 0 Å². The number of aryl methyl sites for hydroxylation is 1. The van der Waals surface area contributed by atoms with Crippen molar-refractivity contribution in [2.75, 3.05) is 18.4 Å². The molecule has 1 aliphatic rings. The third-order valence-corrected chi connectivity index (χ3v) is 8.36. The van der Waals surface area contributed by atoms with Crippen LogP contribution in [0.3, 0.4) is 0 Å². The van der Waals surface area contributed by atoms with Crippen LogP contribution in [0.15, 0.2) is 66.9 Å². The highest BCUT2D eigenvalue weighted by Gasteiger charge is 2.40. The van der Waals surface area contributed by atoms with Crippen molar-refractivity contribution in [1.82, 2.24) is 19.9 Å². The van der Waals surface area contributed by atoms with Crippen LogP contribution in [-0.4, -0.2) is 49.7 Å². The summed E-state index contributed by atoms with van der Waals surface area (Å²) in [5.41, 5.74) is 3.01. The van der Waals surface area contributed by atoms with Crippen molar-refractivity contribution in [3.63, 3.8) is 0 Å². The number of aliphatic hydroxyl groups is 1. The van der Waals surface area contributed by atoms with Gasteiger partial charge in [0.25, 0.3) is 0 Å². The lowest BCUT2D eigenvalue weighted by Gasteiger charge is -2.37. The van der Waals surface area contributed by atoms with E-state index in [1.54, 1.807) is 11.1 Å². The fourth-order valence-electron chi connectivity index (χ4n) is 4.85. The Bertz CT molecular complexity index is 1510. The number of aromatic nitrogens is 3. The summed E-state index contributed by atoms with van der Waals surface area (Å²) in [6.45, 7) is 10.5. The number of thiazole rings is 1. The summed E-state index contributed by atoms with van der Waals surface area (Å²) in [7, 11) is 0. The highest BCUT2D eigenvalue weighted by atomic mass is 32.1. The molecule has 0 saturated carbocycles. The van der Waals surface area contributed by atoms with Gasteiger partial charge in [-0.1, -0.05) is 54.1 Å². The van der Waals surface area contributed by atoms with Gasteiger partial charge in [-0.2, -0.15) is 0 Å². The molecule has 8 nitrogen and oxygen atoms in total. The fraction of sp³-hybridized carbons (Fsp3) is 0.375. The molecule has 9 heteroatoms. The lowest BCUT2D eigenvalue weighted by Crippen LogP contribution is -2.46. The van der Waals surface area contributed by atoms with Crippen molar-refractivity contribution in [2.45, 2.75) is 64.7 Å². The molecule has 3 heterocycles. The molecule has 0 aliphatic carbocycles. The van der Waals surface area contributed by atoms with Gasteiger partial charge in [0.05, 0.1) is 22.3 Å². The molecule has 4 aromatic rings. The second-order valence-corrected chi connectivity index (χ2v) is 12.6. The van der Waals surface area contributed by atoms with Crippen LogP contribution in [-0.2, 0) is 10.3 Å². The first-order valence-corrected chi connectivity index (χ1v) is 14.8. The molecule has 5 rings (SSSR count). The van der Waals surface area contributed by atoms with Crippen LogP contribution in [0.5, 0.6) is 0 Å². The van der Waals surface area contributed by atoms with Gasteiger partial charge in [-0.3, -0.25) is 0 Å². The maximum Gasteiger partial charge on any atom is 0.410 e. The van der Waals surface area contributed by atoms with Crippen molar-refractivity contribution in [3.8, 4) is 21.8 Å². The molecule has 0 spiro atoms. The number of carbonyl (C=O) groups excluding carboxylic acids is 1. The quantitative estimate of drug-likeness (QED) is 0.258. The molecule has 1 atom stereocenters. The minimum absolute atomic E-state index is 0.0237. The standard InChI is InChI=1S/C32H37N5O3S/c1-21-10-9-13-24(20-21)26-27(25-14-17-33-29(35-25)34-22(2)23-11-7-6-8-12-23)41-28(36-26)32(39)15-18-37(19-16-32)30(38)40-31(3,4)5/h6-14,17,20,22,39H,15-16,18-19H2,1-5H3,(H,33,34,35). The SMILES string of the molecule is Cc1cccc(-c2nc(C3(O)CCN(C(=O)OC(C)(C)C)CC3)sc2-c2ccnc(NC(C)c3ccccc3)n2)c1. The van der Waals surface area contributed by atoms with Crippen LogP contribution in [0.2, 0.25) is 0 Å². The number of likely N-dealkylation sites (tertiary alicyclic amines) is 1. The molecule has 1 amide bonds. The Hall–Kier alpha value is -3.82. The van der Waals surface area contributed by atoms with Crippen LogP contribution < -0.4 is 5.32 Å². The lowest BCUT2D eigenvalue weighted by atomic mass is 9.92. The molecule has 41 heavy (non-hydrogen) atoms. The molecule has 2 N–H and O–H groups in total. The van der Waals surface area contributed by atoms with E-state index >= 15 is 0 Å². The summed E-state index contributed by atoms with van der Waals surface area (Å²) in [6, 6.07) is 20.3. The monoisotopic (exact) mass is 571 g/mol. The van der Waals surface area contributed by atoms with Crippen LogP contribution in [0.1, 0.15) is 62.7 Å². The fourth-order valence-corrected chi connectivity index (χ4v) is 6.06. The molecule has 1 unspecified atom stereocenters. The van der Waals surface area contributed by atoms with Crippen LogP contribution in [0, 0.1) is 6.92 Å². The molecular formula is C32H37N5O3S. The van der Waals surface area contributed by atoms with Crippen LogP contribution in [0.4, 0.5) is 10.7 Å². The maximum absolute atomic E-state index is 12.6. The number of hydrogen-bond acceptors (Lipinski definition) is 8. The summed E-state index contributed by atoms with van der Waals surface area (Å²) in [6.07, 6.45) is 2.14. The van der Waals surface area contributed by atoms with E-state index in [1.807, 2.05) is 70.2 Å². The zero-order valence-electron chi connectivity index (χ0n) is 24.2. The van der Waals surface area contributed by atoms with Crippen molar-refractivity contribution >= 4 is 23.4 Å². The van der Waals surface area contributed by atoms with Gasteiger partial charge in [-0.25, -0.2) is 19.7 Å². The zero-order valence-corrected chi connectivity index (χ0v) is 25.0. The van der Waals surface area contributed by atoms with E-state index in [4.69, 9.17) is 14.7 Å². The Labute approximate surface area is 245 Å². The molecule has 2 aromatic heterocycles.